The van der Waals surface area contributed by atoms with Crippen molar-refractivity contribution in [2.75, 3.05) is 12.3 Å². The van der Waals surface area contributed by atoms with Crippen LogP contribution in [0.4, 0.5) is 0 Å². The smallest absolute Gasteiger partial charge is 0.216 e. The summed E-state index contributed by atoms with van der Waals surface area (Å²) in [6.45, 7) is 4.97. The highest BCUT2D eigenvalue weighted by Crippen LogP contribution is 2.32. The van der Waals surface area contributed by atoms with E-state index in [-0.39, 0.29) is 5.91 Å². The van der Waals surface area contributed by atoms with Crippen molar-refractivity contribution in [3.05, 3.63) is 60.7 Å². The standard InChI is InChI=1S/C23H23N5OS/c1-3-28-22(26-27-23(28)30-14-13-24-16(2)29)19-15-21(17-9-5-4-6-10-17)25-20-12-8-7-11-18(19)20/h4-12,15H,3,13-14H2,1-2H3,(H,24,29). The van der Waals surface area contributed by atoms with E-state index in [0.29, 0.717) is 6.54 Å². The monoisotopic (exact) mass is 417 g/mol. The van der Waals surface area contributed by atoms with Crippen LogP contribution in [-0.2, 0) is 11.3 Å². The number of amides is 1. The predicted octanol–water partition coefficient (Wildman–Crippen LogP) is 4.41. The second-order valence-electron chi connectivity index (χ2n) is 6.82. The summed E-state index contributed by atoms with van der Waals surface area (Å²) in [7, 11) is 0. The van der Waals surface area contributed by atoms with Crippen molar-refractivity contribution in [3.63, 3.8) is 0 Å². The molecule has 0 spiro atoms. The van der Waals surface area contributed by atoms with Crippen LogP contribution in [-0.4, -0.2) is 38.0 Å². The molecule has 152 valence electrons. The average molecular weight is 418 g/mol. The van der Waals surface area contributed by atoms with Crippen molar-refractivity contribution in [1.82, 2.24) is 25.1 Å². The molecule has 0 aliphatic carbocycles. The Labute approximate surface area is 179 Å². The van der Waals surface area contributed by atoms with Gasteiger partial charge in [-0.1, -0.05) is 60.3 Å². The van der Waals surface area contributed by atoms with Crippen LogP contribution in [0.15, 0.2) is 65.8 Å². The summed E-state index contributed by atoms with van der Waals surface area (Å²) >= 11 is 1.59. The van der Waals surface area contributed by atoms with Crippen molar-refractivity contribution in [2.24, 2.45) is 0 Å². The summed E-state index contributed by atoms with van der Waals surface area (Å²) in [5.41, 5.74) is 3.92. The fraction of sp³-hybridized carbons (Fsp3) is 0.217. The molecule has 1 N–H and O–H groups in total. The molecule has 7 heteroatoms. The van der Waals surface area contributed by atoms with E-state index in [4.69, 9.17) is 4.98 Å². The number of aromatic nitrogens is 4. The van der Waals surface area contributed by atoms with Gasteiger partial charge in [0.1, 0.15) is 0 Å². The third kappa shape index (κ3) is 4.21. The van der Waals surface area contributed by atoms with Gasteiger partial charge < -0.3 is 9.88 Å². The Hall–Kier alpha value is -3.19. The first kappa shape index (κ1) is 20.1. The fourth-order valence-corrected chi connectivity index (χ4v) is 4.22. The first-order chi connectivity index (χ1) is 14.7. The number of nitrogens with one attached hydrogen (secondary N) is 1. The van der Waals surface area contributed by atoms with Crippen LogP contribution in [0, 0.1) is 0 Å². The molecule has 0 atom stereocenters. The molecule has 0 fully saturated rings. The van der Waals surface area contributed by atoms with E-state index in [0.717, 1.165) is 51.0 Å². The molecule has 0 radical (unpaired) electrons. The van der Waals surface area contributed by atoms with Crippen molar-refractivity contribution in [3.8, 4) is 22.6 Å². The van der Waals surface area contributed by atoms with E-state index >= 15 is 0 Å². The molecule has 0 aliphatic heterocycles. The Morgan fingerprint density at radius 1 is 1.07 bits per heavy atom. The van der Waals surface area contributed by atoms with Crippen LogP contribution in [0.1, 0.15) is 13.8 Å². The van der Waals surface area contributed by atoms with E-state index in [9.17, 15) is 4.79 Å². The number of carbonyl (C=O) groups excluding carboxylic acids is 1. The highest BCUT2D eigenvalue weighted by atomic mass is 32.2. The van der Waals surface area contributed by atoms with Gasteiger partial charge in [-0.05, 0) is 19.1 Å². The highest BCUT2D eigenvalue weighted by molar-refractivity contribution is 7.99. The number of thioether (sulfide) groups is 1. The first-order valence-electron chi connectivity index (χ1n) is 9.93. The molecular formula is C23H23N5OS. The summed E-state index contributed by atoms with van der Waals surface area (Å²) in [5, 5.41) is 13.7. The maximum absolute atomic E-state index is 11.1. The number of hydrogen-bond acceptors (Lipinski definition) is 5. The summed E-state index contributed by atoms with van der Waals surface area (Å²) in [4.78, 5) is 15.9. The van der Waals surface area contributed by atoms with Gasteiger partial charge in [-0.3, -0.25) is 4.79 Å². The molecular weight excluding hydrogens is 394 g/mol. The molecule has 0 unspecified atom stereocenters. The second kappa shape index (κ2) is 9.09. The Balaban J connectivity index is 1.76. The highest BCUT2D eigenvalue weighted by Gasteiger charge is 2.17. The Kier molecular flexibility index (Phi) is 6.09. The van der Waals surface area contributed by atoms with Gasteiger partial charge in [-0.15, -0.1) is 10.2 Å². The van der Waals surface area contributed by atoms with Crippen molar-refractivity contribution in [1.29, 1.82) is 0 Å². The lowest BCUT2D eigenvalue weighted by molar-refractivity contribution is -0.118. The third-order valence-electron chi connectivity index (χ3n) is 4.77. The van der Waals surface area contributed by atoms with Crippen molar-refractivity contribution >= 4 is 28.6 Å². The minimum absolute atomic E-state index is 0.0232. The molecule has 4 rings (SSSR count). The number of carbonyl (C=O) groups is 1. The number of fused-ring (bicyclic) bond motifs is 1. The Morgan fingerprint density at radius 2 is 1.83 bits per heavy atom. The topological polar surface area (TPSA) is 72.7 Å². The molecule has 0 saturated carbocycles. The molecule has 6 nitrogen and oxygen atoms in total. The molecule has 0 saturated heterocycles. The summed E-state index contributed by atoms with van der Waals surface area (Å²) in [6.07, 6.45) is 0. The summed E-state index contributed by atoms with van der Waals surface area (Å²) in [6, 6.07) is 20.4. The molecule has 1 amide bonds. The number of pyridine rings is 1. The maximum Gasteiger partial charge on any atom is 0.216 e. The Bertz CT molecular complexity index is 1170. The molecule has 2 aromatic heterocycles. The quantitative estimate of drug-likeness (QED) is 0.356. The number of hydrogen-bond donors (Lipinski definition) is 1. The second-order valence-corrected chi connectivity index (χ2v) is 7.88. The largest absolute Gasteiger partial charge is 0.356 e. The van der Waals surface area contributed by atoms with Gasteiger partial charge in [0.05, 0.1) is 11.2 Å². The van der Waals surface area contributed by atoms with Crippen LogP contribution in [0.3, 0.4) is 0 Å². The Morgan fingerprint density at radius 3 is 2.60 bits per heavy atom. The molecule has 0 bridgehead atoms. The number of benzene rings is 2. The average Bonchev–Trinajstić information content (AvgIpc) is 3.19. The normalized spacial score (nSPS) is 11.0. The van der Waals surface area contributed by atoms with Crippen LogP contribution in [0.2, 0.25) is 0 Å². The lowest BCUT2D eigenvalue weighted by Crippen LogP contribution is -2.22. The van der Waals surface area contributed by atoms with Crippen molar-refractivity contribution in [2.45, 2.75) is 25.5 Å². The number of nitrogens with zero attached hydrogens (tertiary/aromatic N) is 4. The summed E-state index contributed by atoms with van der Waals surface area (Å²) in [5.74, 6) is 1.55. The van der Waals surface area contributed by atoms with E-state index in [1.165, 1.54) is 6.92 Å². The minimum atomic E-state index is -0.0232. The van der Waals surface area contributed by atoms with Crippen LogP contribution >= 0.6 is 11.8 Å². The predicted molar refractivity (Wildman–Crippen MR) is 121 cm³/mol. The van der Waals surface area contributed by atoms with Gasteiger partial charge in [-0.2, -0.15) is 0 Å². The van der Waals surface area contributed by atoms with Gasteiger partial charge in [0.2, 0.25) is 5.91 Å². The van der Waals surface area contributed by atoms with Gasteiger partial charge in [0.15, 0.2) is 11.0 Å². The van der Waals surface area contributed by atoms with E-state index in [1.54, 1.807) is 11.8 Å². The van der Waals surface area contributed by atoms with E-state index in [2.05, 4.69) is 51.3 Å². The molecule has 30 heavy (non-hydrogen) atoms. The molecule has 4 aromatic rings. The zero-order valence-corrected chi connectivity index (χ0v) is 17.8. The lowest BCUT2D eigenvalue weighted by Gasteiger charge is -2.12. The number of para-hydroxylation sites is 1. The van der Waals surface area contributed by atoms with Gasteiger partial charge >= 0.3 is 0 Å². The molecule has 2 aromatic carbocycles. The maximum atomic E-state index is 11.1. The minimum Gasteiger partial charge on any atom is -0.356 e. The zero-order chi connectivity index (χ0) is 20.9. The summed E-state index contributed by atoms with van der Waals surface area (Å²) < 4.78 is 2.12. The van der Waals surface area contributed by atoms with Gasteiger partial charge in [0.25, 0.3) is 0 Å². The first-order valence-corrected chi connectivity index (χ1v) is 10.9. The van der Waals surface area contributed by atoms with E-state index in [1.807, 2.05) is 36.4 Å². The molecule has 2 heterocycles. The SMILES string of the molecule is CCn1c(SCCNC(C)=O)nnc1-c1cc(-c2ccccc2)nc2ccccc12. The molecule has 0 aliphatic rings. The van der Waals surface area contributed by atoms with Crippen LogP contribution in [0.25, 0.3) is 33.5 Å². The van der Waals surface area contributed by atoms with Crippen LogP contribution < -0.4 is 5.32 Å². The number of rotatable bonds is 7. The van der Waals surface area contributed by atoms with Crippen LogP contribution in [0.5, 0.6) is 0 Å². The fourth-order valence-electron chi connectivity index (χ4n) is 3.37. The lowest BCUT2D eigenvalue weighted by atomic mass is 10.0. The van der Waals surface area contributed by atoms with Crippen molar-refractivity contribution < 1.29 is 4.79 Å². The van der Waals surface area contributed by atoms with Gasteiger partial charge in [-0.25, -0.2) is 4.98 Å². The van der Waals surface area contributed by atoms with E-state index < -0.39 is 0 Å². The third-order valence-corrected chi connectivity index (χ3v) is 5.74. The zero-order valence-electron chi connectivity index (χ0n) is 17.0. The van der Waals surface area contributed by atoms with Gasteiger partial charge in [0, 0.05) is 42.3 Å².